The number of aromatic nitrogens is 1. The van der Waals surface area contributed by atoms with Crippen LogP contribution in [-0.2, 0) is 20.9 Å². The van der Waals surface area contributed by atoms with E-state index in [2.05, 4.69) is 0 Å². The standard InChI is InChI=1S/C27H35FN4O5/c1-5-29-15-21(27(36)37-16-25(34)32-17(2)7-6-8-18(32)3)26(35)20-13-22(28)24(14-23(20)29)31-11-9-30(10-12-31)19(4)33/h13-15,17-18H,5-12,16H2,1-4H3/t17-,18+. The topological polar surface area (TPSA) is 92.2 Å². The number of likely N-dealkylation sites (tertiary alicyclic amines) is 1. The van der Waals surface area contributed by atoms with E-state index >= 15 is 4.39 Å². The van der Waals surface area contributed by atoms with Gasteiger partial charge in [0.25, 0.3) is 5.91 Å². The molecule has 3 heterocycles. The van der Waals surface area contributed by atoms with Gasteiger partial charge in [-0.05, 0) is 52.2 Å². The number of piperidine rings is 1. The third kappa shape index (κ3) is 5.33. The highest BCUT2D eigenvalue weighted by Crippen LogP contribution is 2.27. The van der Waals surface area contributed by atoms with Gasteiger partial charge in [0.1, 0.15) is 11.4 Å². The van der Waals surface area contributed by atoms with Crippen molar-refractivity contribution in [3.63, 3.8) is 0 Å². The first kappa shape index (κ1) is 26.6. The highest BCUT2D eigenvalue weighted by atomic mass is 19.1. The number of aryl methyl sites for hydroxylation is 1. The second-order valence-corrected chi connectivity index (χ2v) is 9.98. The molecule has 4 rings (SSSR count). The summed E-state index contributed by atoms with van der Waals surface area (Å²) in [6.45, 7) is 9.25. The number of fused-ring (bicyclic) bond motifs is 1. The van der Waals surface area contributed by atoms with Crippen LogP contribution in [0.2, 0.25) is 0 Å². The van der Waals surface area contributed by atoms with Gasteiger partial charge in [-0.2, -0.15) is 0 Å². The van der Waals surface area contributed by atoms with Crippen molar-refractivity contribution in [2.24, 2.45) is 0 Å². The van der Waals surface area contributed by atoms with Crippen LogP contribution in [0.5, 0.6) is 0 Å². The first-order chi connectivity index (χ1) is 17.6. The molecule has 2 atom stereocenters. The molecule has 2 aromatic rings. The number of piperazine rings is 1. The molecule has 0 N–H and O–H groups in total. The molecule has 37 heavy (non-hydrogen) atoms. The zero-order valence-electron chi connectivity index (χ0n) is 22.0. The van der Waals surface area contributed by atoms with Crippen molar-refractivity contribution in [1.29, 1.82) is 0 Å². The molecule has 2 fully saturated rings. The van der Waals surface area contributed by atoms with E-state index in [0.717, 1.165) is 25.3 Å². The van der Waals surface area contributed by atoms with Crippen LogP contribution in [0.25, 0.3) is 10.9 Å². The molecular weight excluding hydrogens is 479 g/mol. The lowest BCUT2D eigenvalue weighted by molar-refractivity contribution is -0.140. The van der Waals surface area contributed by atoms with Gasteiger partial charge >= 0.3 is 5.97 Å². The molecule has 10 heteroatoms. The lowest BCUT2D eigenvalue weighted by Crippen LogP contribution is -2.49. The van der Waals surface area contributed by atoms with Crippen LogP contribution in [0.4, 0.5) is 10.1 Å². The summed E-state index contributed by atoms with van der Waals surface area (Å²) in [6.07, 6.45) is 4.26. The first-order valence-corrected chi connectivity index (χ1v) is 13.0. The number of ether oxygens (including phenoxy) is 1. The summed E-state index contributed by atoms with van der Waals surface area (Å²) >= 11 is 0. The molecule has 2 aliphatic rings. The Kier molecular flexibility index (Phi) is 7.85. The Morgan fingerprint density at radius 1 is 1.05 bits per heavy atom. The Bertz CT molecular complexity index is 1260. The molecule has 0 radical (unpaired) electrons. The smallest absolute Gasteiger partial charge is 0.344 e. The Balaban J connectivity index is 1.57. The van der Waals surface area contributed by atoms with Gasteiger partial charge in [-0.25, -0.2) is 9.18 Å². The molecule has 0 bridgehead atoms. The number of carbonyl (C=O) groups is 3. The average Bonchev–Trinajstić information content (AvgIpc) is 2.87. The fourth-order valence-electron chi connectivity index (χ4n) is 5.50. The largest absolute Gasteiger partial charge is 0.452 e. The quantitative estimate of drug-likeness (QED) is 0.570. The number of nitrogens with zero attached hydrogens (tertiary/aromatic N) is 4. The van der Waals surface area contributed by atoms with Gasteiger partial charge in [-0.15, -0.1) is 0 Å². The lowest BCUT2D eigenvalue weighted by atomic mass is 9.97. The van der Waals surface area contributed by atoms with Gasteiger partial charge in [-0.1, -0.05) is 0 Å². The second kappa shape index (κ2) is 10.9. The van der Waals surface area contributed by atoms with E-state index in [1.807, 2.05) is 25.7 Å². The summed E-state index contributed by atoms with van der Waals surface area (Å²) in [6, 6.07) is 2.91. The number of pyridine rings is 1. The van der Waals surface area contributed by atoms with E-state index in [4.69, 9.17) is 4.74 Å². The highest BCUT2D eigenvalue weighted by molar-refractivity contribution is 5.95. The molecule has 0 unspecified atom stereocenters. The molecule has 2 aliphatic heterocycles. The number of halogens is 1. The van der Waals surface area contributed by atoms with Gasteiger partial charge in [0.05, 0.1) is 11.2 Å². The van der Waals surface area contributed by atoms with Crippen molar-refractivity contribution in [1.82, 2.24) is 14.4 Å². The summed E-state index contributed by atoms with van der Waals surface area (Å²) in [5.41, 5.74) is -0.0164. The molecule has 1 aromatic carbocycles. The fraction of sp³-hybridized carbons (Fsp3) is 0.556. The summed E-state index contributed by atoms with van der Waals surface area (Å²) < 4.78 is 22.2. The molecule has 0 aliphatic carbocycles. The summed E-state index contributed by atoms with van der Waals surface area (Å²) in [7, 11) is 0. The summed E-state index contributed by atoms with van der Waals surface area (Å²) in [4.78, 5) is 55.8. The van der Waals surface area contributed by atoms with Crippen molar-refractivity contribution in [3.05, 3.63) is 39.9 Å². The van der Waals surface area contributed by atoms with Crippen molar-refractivity contribution in [3.8, 4) is 0 Å². The molecule has 9 nitrogen and oxygen atoms in total. The third-order valence-corrected chi connectivity index (χ3v) is 7.58. The van der Waals surface area contributed by atoms with Crippen LogP contribution in [0, 0.1) is 5.82 Å². The zero-order valence-corrected chi connectivity index (χ0v) is 22.0. The highest BCUT2D eigenvalue weighted by Gasteiger charge is 2.30. The summed E-state index contributed by atoms with van der Waals surface area (Å²) in [5.74, 6) is -1.77. The monoisotopic (exact) mass is 514 g/mol. The minimum atomic E-state index is -0.899. The van der Waals surface area contributed by atoms with Gasteiger partial charge in [0.2, 0.25) is 11.3 Å². The zero-order chi connectivity index (χ0) is 26.9. The maximum absolute atomic E-state index is 15.2. The minimum absolute atomic E-state index is 0.0143. The van der Waals surface area contributed by atoms with E-state index in [1.165, 1.54) is 13.1 Å². The molecule has 1 aromatic heterocycles. The molecule has 2 amide bonds. The average molecular weight is 515 g/mol. The molecule has 200 valence electrons. The molecular formula is C27H35FN4O5. The Morgan fingerprint density at radius 3 is 2.30 bits per heavy atom. The van der Waals surface area contributed by atoms with Gasteiger partial charge in [0.15, 0.2) is 6.61 Å². The van der Waals surface area contributed by atoms with Crippen LogP contribution < -0.4 is 10.3 Å². The van der Waals surface area contributed by atoms with Crippen LogP contribution in [-0.4, -0.2) is 77.0 Å². The van der Waals surface area contributed by atoms with Crippen molar-refractivity contribution in [2.45, 2.75) is 65.6 Å². The van der Waals surface area contributed by atoms with Crippen molar-refractivity contribution in [2.75, 3.05) is 37.7 Å². The molecule has 0 saturated carbocycles. The predicted molar refractivity (Wildman–Crippen MR) is 138 cm³/mol. The number of benzene rings is 1. The normalized spacial score (nSPS) is 20.3. The van der Waals surface area contributed by atoms with E-state index in [-0.39, 0.29) is 34.8 Å². The van der Waals surface area contributed by atoms with Crippen molar-refractivity contribution < 1.29 is 23.5 Å². The Morgan fingerprint density at radius 2 is 1.70 bits per heavy atom. The lowest BCUT2D eigenvalue weighted by Gasteiger charge is -2.38. The van der Waals surface area contributed by atoms with Crippen LogP contribution in [0.1, 0.15) is 57.3 Å². The Labute approximate surface area is 215 Å². The molecule has 2 saturated heterocycles. The van der Waals surface area contributed by atoms with Gasteiger partial charge in [-0.3, -0.25) is 14.4 Å². The van der Waals surface area contributed by atoms with Gasteiger partial charge < -0.3 is 24.0 Å². The summed E-state index contributed by atoms with van der Waals surface area (Å²) in [5, 5.41) is 0.0736. The first-order valence-electron chi connectivity index (χ1n) is 13.0. The van der Waals surface area contributed by atoms with E-state index in [9.17, 15) is 19.2 Å². The van der Waals surface area contributed by atoms with Crippen molar-refractivity contribution >= 4 is 34.4 Å². The minimum Gasteiger partial charge on any atom is -0.452 e. The fourth-order valence-corrected chi connectivity index (χ4v) is 5.50. The Hall–Kier alpha value is -3.43. The maximum Gasteiger partial charge on any atom is 0.344 e. The SMILES string of the molecule is CCn1cc(C(=O)OCC(=O)N2[C@H](C)CCC[C@@H]2C)c(=O)c2cc(F)c(N3CCN(C(C)=O)CC3)cc21. The number of hydrogen-bond acceptors (Lipinski definition) is 6. The van der Waals surface area contributed by atoms with Crippen LogP contribution >= 0.6 is 0 Å². The maximum atomic E-state index is 15.2. The second-order valence-electron chi connectivity index (χ2n) is 9.98. The molecule has 0 spiro atoms. The predicted octanol–water partition coefficient (Wildman–Crippen LogP) is 2.78. The van der Waals surface area contributed by atoms with E-state index < -0.39 is 23.8 Å². The van der Waals surface area contributed by atoms with E-state index in [1.54, 1.807) is 20.4 Å². The number of anilines is 1. The van der Waals surface area contributed by atoms with Gasteiger partial charge in [0, 0.05) is 63.3 Å². The van der Waals surface area contributed by atoms with Crippen LogP contribution in [0.3, 0.4) is 0 Å². The number of amides is 2. The number of carbonyl (C=O) groups excluding carboxylic acids is 3. The van der Waals surface area contributed by atoms with Crippen LogP contribution in [0.15, 0.2) is 23.1 Å². The number of hydrogen-bond donors (Lipinski definition) is 0. The van der Waals surface area contributed by atoms with E-state index in [0.29, 0.717) is 43.9 Å². The number of rotatable bonds is 5. The third-order valence-electron chi connectivity index (χ3n) is 7.58. The number of esters is 1.